The Hall–Kier alpha value is -1.01. The molecule has 0 bridgehead atoms. The van der Waals surface area contributed by atoms with E-state index in [1.807, 2.05) is 27.7 Å². The number of aromatic nitrogens is 2. The lowest BCUT2D eigenvalue weighted by Gasteiger charge is -2.20. The first-order chi connectivity index (χ1) is 6.41. The Labute approximate surface area is 89.3 Å². The Balaban J connectivity index is 3.37. The molecule has 0 aliphatic rings. The van der Waals surface area contributed by atoms with Gasteiger partial charge in [0.1, 0.15) is 16.8 Å². The highest BCUT2D eigenvalue weighted by molar-refractivity contribution is 6.30. The molecular formula is C10H14ClN3. The summed E-state index contributed by atoms with van der Waals surface area (Å²) < 4.78 is 1.70. The van der Waals surface area contributed by atoms with E-state index >= 15 is 0 Å². The summed E-state index contributed by atoms with van der Waals surface area (Å²) in [5.41, 5.74) is 1.09. The average Bonchev–Trinajstić information content (AvgIpc) is 2.40. The Bertz CT molecular complexity index is 379. The highest BCUT2D eigenvalue weighted by Crippen LogP contribution is 2.25. The first kappa shape index (κ1) is 11.1. The standard InChI is InChI=1S/C10H14ClN3/c1-5-8-7(6-12)9(11)14(13-8)10(2,3)4/h5H2,1-4H3. The van der Waals surface area contributed by atoms with Gasteiger partial charge in [-0.15, -0.1) is 0 Å². The molecule has 0 saturated carbocycles. The highest BCUT2D eigenvalue weighted by atomic mass is 35.5. The van der Waals surface area contributed by atoms with Crippen molar-refractivity contribution in [2.45, 2.75) is 39.7 Å². The number of halogens is 1. The van der Waals surface area contributed by atoms with Crippen LogP contribution in [0.4, 0.5) is 0 Å². The molecule has 0 amide bonds. The summed E-state index contributed by atoms with van der Waals surface area (Å²) in [6.07, 6.45) is 0.728. The highest BCUT2D eigenvalue weighted by Gasteiger charge is 2.22. The third-order valence-corrected chi connectivity index (χ3v) is 2.33. The van der Waals surface area contributed by atoms with E-state index in [-0.39, 0.29) is 5.54 Å². The second-order valence-electron chi connectivity index (χ2n) is 4.16. The van der Waals surface area contributed by atoms with Gasteiger partial charge in [-0.2, -0.15) is 10.4 Å². The summed E-state index contributed by atoms with van der Waals surface area (Å²) in [6, 6.07) is 2.09. The van der Waals surface area contributed by atoms with E-state index in [2.05, 4.69) is 11.2 Å². The molecule has 76 valence electrons. The first-order valence-electron chi connectivity index (χ1n) is 4.59. The molecule has 0 aliphatic carbocycles. The molecule has 0 aliphatic heterocycles. The van der Waals surface area contributed by atoms with Crippen LogP contribution in [0.1, 0.15) is 39.0 Å². The number of aryl methyl sites for hydroxylation is 1. The Morgan fingerprint density at radius 2 is 2.07 bits per heavy atom. The predicted octanol–water partition coefficient (Wildman–Crippen LogP) is 2.73. The summed E-state index contributed by atoms with van der Waals surface area (Å²) >= 11 is 6.07. The number of nitrogens with zero attached hydrogens (tertiary/aromatic N) is 3. The zero-order valence-corrected chi connectivity index (χ0v) is 9.68. The van der Waals surface area contributed by atoms with Crippen molar-refractivity contribution in [2.24, 2.45) is 0 Å². The van der Waals surface area contributed by atoms with Gasteiger partial charge in [0.2, 0.25) is 0 Å². The summed E-state index contributed by atoms with van der Waals surface area (Å²) in [6.45, 7) is 7.98. The van der Waals surface area contributed by atoms with Crippen LogP contribution in [0, 0.1) is 11.3 Å². The van der Waals surface area contributed by atoms with E-state index in [0.29, 0.717) is 10.7 Å². The molecule has 0 radical (unpaired) electrons. The van der Waals surface area contributed by atoms with Crippen LogP contribution in [-0.2, 0) is 12.0 Å². The van der Waals surface area contributed by atoms with Gasteiger partial charge in [0.15, 0.2) is 0 Å². The third-order valence-electron chi connectivity index (χ3n) is 1.98. The van der Waals surface area contributed by atoms with E-state index in [0.717, 1.165) is 12.1 Å². The van der Waals surface area contributed by atoms with E-state index in [1.54, 1.807) is 4.68 Å². The molecule has 1 heterocycles. The summed E-state index contributed by atoms with van der Waals surface area (Å²) in [5, 5.41) is 13.7. The minimum Gasteiger partial charge on any atom is -0.247 e. The minimum absolute atomic E-state index is 0.184. The largest absolute Gasteiger partial charge is 0.247 e. The summed E-state index contributed by atoms with van der Waals surface area (Å²) in [7, 11) is 0. The van der Waals surface area contributed by atoms with Gasteiger partial charge in [-0.25, -0.2) is 4.68 Å². The molecule has 14 heavy (non-hydrogen) atoms. The van der Waals surface area contributed by atoms with Crippen molar-refractivity contribution in [2.75, 3.05) is 0 Å². The maximum Gasteiger partial charge on any atom is 0.145 e. The second-order valence-corrected chi connectivity index (χ2v) is 4.52. The molecule has 0 unspecified atom stereocenters. The van der Waals surface area contributed by atoms with Crippen LogP contribution in [-0.4, -0.2) is 9.78 Å². The Kier molecular flexibility index (Phi) is 2.86. The van der Waals surface area contributed by atoms with Gasteiger partial charge < -0.3 is 0 Å². The molecular weight excluding hydrogens is 198 g/mol. The molecule has 1 rings (SSSR count). The smallest absolute Gasteiger partial charge is 0.145 e. The molecule has 1 aromatic heterocycles. The fourth-order valence-corrected chi connectivity index (χ4v) is 1.68. The van der Waals surface area contributed by atoms with Crippen molar-refractivity contribution in [3.8, 4) is 6.07 Å². The van der Waals surface area contributed by atoms with Crippen LogP contribution in [0.3, 0.4) is 0 Å². The maximum atomic E-state index is 8.92. The van der Waals surface area contributed by atoms with Gasteiger partial charge in [0.25, 0.3) is 0 Å². The van der Waals surface area contributed by atoms with Crippen molar-refractivity contribution >= 4 is 11.6 Å². The van der Waals surface area contributed by atoms with Gasteiger partial charge in [-0.1, -0.05) is 18.5 Å². The molecule has 4 heteroatoms. The Morgan fingerprint density at radius 3 is 2.36 bits per heavy atom. The average molecular weight is 212 g/mol. The third kappa shape index (κ3) is 1.76. The topological polar surface area (TPSA) is 41.6 Å². The lowest BCUT2D eigenvalue weighted by molar-refractivity contribution is 0.354. The van der Waals surface area contributed by atoms with Crippen LogP contribution in [0.2, 0.25) is 5.15 Å². The molecule has 0 N–H and O–H groups in total. The maximum absolute atomic E-state index is 8.92. The molecule has 0 spiro atoms. The number of nitriles is 1. The van der Waals surface area contributed by atoms with E-state index in [9.17, 15) is 0 Å². The van der Waals surface area contributed by atoms with Crippen LogP contribution >= 0.6 is 11.6 Å². The molecule has 0 aromatic carbocycles. The number of hydrogen-bond donors (Lipinski definition) is 0. The lowest BCUT2D eigenvalue weighted by Crippen LogP contribution is -2.23. The van der Waals surface area contributed by atoms with E-state index in [4.69, 9.17) is 16.9 Å². The summed E-state index contributed by atoms with van der Waals surface area (Å²) in [4.78, 5) is 0. The monoisotopic (exact) mass is 211 g/mol. The number of hydrogen-bond acceptors (Lipinski definition) is 2. The van der Waals surface area contributed by atoms with Gasteiger partial charge in [0, 0.05) is 0 Å². The molecule has 0 fully saturated rings. The van der Waals surface area contributed by atoms with Gasteiger partial charge in [-0.05, 0) is 27.2 Å². The van der Waals surface area contributed by atoms with Crippen LogP contribution in [0.15, 0.2) is 0 Å². The molecule has 3 nitrogen and oxygen atoms in total. The predicted molar refractivity (Wildman–Crippen MR) is 56.3 cm³/mol. The molecule has 0 saturated heterocycles. The molecule has 1 aromatic rings. The Morgan fingerprint density at radius 1 is 1.50 bits per heavy atom. The normalized spacial score (nSPS) is 11.4. The van der Waals surface area contributed by atoms with Crippen molar-refractivity contribution in [3.63, 3.8) is 0 Å². The van der Waals surface area contributed by atoms with Crippen LogP contribution in [0.25, 0.3) is 0 Å². The SMILES string of the molecule is CCc1nn(C(C)(C)C)c(Cl)c1C#N. The van der Waals surface area contributed by atoms with Crippen molar-refractivity contribution in [1.82, 2.24) is 9.78 Å². The van der Waals surface area contributed by atoms with Gasteiger partial charge in [0.05, 0.1) is 11.2 Å². The van der Waals surface area contributed by atoms with Crippen molar-refractivity contribution in [1.29, 1.82) is 5.26 Å². The van der Waals surface area contributed by atoms with Gasteiger partial charge >= 0.3 is 0 Å². The zero-order chi connectivity index (χ0) is 10.9. The fourth-order valence-electron chi connectivity index (χ4n) is 1.24. The van der Waals surface area contributed by atoms with Gasteiger partial charge in [-0.3, -0.25) is 0 Å². The lowest BCUT2D eigenvalue weighted by atomic mass is 10.1. The van der Waals surface area contributed by atoms with Crippen LogP contribution < -0.4 is 0 Å². The number of rotatable bonds is 1. The quantitative estimate of drug-likeness (QED) is 0.717. The van der Waals surface area contributed by atoms with E-state index in [1.165, 1.54) is 0 Å². The second kappa shape index (κ2) is 3.62. The van der Waals surface area contributed by atoms with Crippen molar-refractivity contribution in [3.05, 3.63) is 16.4 Å². The fraction of sp³-hybridized carbons (Fsp3) is 0.600. The van der Waals surface area contributed by atoms with Crippen LogP contribution in [0.5, 0.6) is 0 Å². The zero-order valence-electron chi connectivity index (χ0n) is 8.93. The molecule has 0 atom stereocenters. The first-order valence-corrected chi connectivity index (χ1v) is 4.97. The van der Waals surface area contributed by atoms with Crippen molar-refractivity contribution < 1.29 is 0 Å². The minimum atomic E-state index is -0.184. The van der Waals surface area contributed by atoms with E-state index < -0.39 is 0 Å². The summed E-state index contributed by atoms with van der Waals surface area (Å²) in [5.74, 6) is 0.